The van der Waals surface area contributed by atoms with E-state index >= 15 is 0 Å². The quantitative estimate of drug-likeness (QED) is 0.221. The highest BCUT2D eigenvalue weighted by atomic mass is 32.2. The number of rotatable bonds is 13. The van der Waals surface area contributed by atoms with Gasteiger partial charge in [-0.2, -0.15) is 0 Å². The Bertz CT molecular complexity index is 1670. The number of carbonyl (C=O) groups is 2. The van der Waals surface area contributed by atoms with Crippen molar-refractivity contribution in [3.63, 3.8) is 0 Å². The Labute approximate surface area is 260 Å². The second kappa shape index (κ2) is 14.7. The van der Waals surface area contributed by atoms with Crippen molar-refractivity contribution in [3.8, 4) is 5.75 Å². The van der Waals surface area contributed by atoms with E-state index in [1.54, 1.807) is 68.6 Å². The highest BCUT2D eigenvalue weighted by molar-refractivity contribution is 7.92. The van der Waals surface area contributed by atoms with E-state index in [-0.39, 0.29) is 23.8 Å². The minimum atomic E-state index is -4.16. The molecule has 4 aromatic carbocycles. The van der Waals surface area contributed by atoms with E-state index in [2.05, 4.69) is 5.32 Å². The lowest BCUT2D eigenvalue weighted by atomic mass is 10.0. The Morgan fingerprint density at radius 1 is 0.841 bits per heavy atom. The van der Waals surface area contributed by atoms with Crippen molar-refractivity contribution in [1.29, 1.82) is 0 Å². The van der Waals surface area contributed by atoms with Crippen molar-refractivity contribution in [2.24, 2.45) is 0 Å². The normalized spacial score (nSPS) is 11.8. The number of sulfonamides is 1. The molecule has 8 nitrogen and oxygen atoms in total. The molecule has 0 saturated carbocycles. The number of nitrogens with zero attached hydrogens (tertiary/aromatic N) is 2. The van der Waals surface area contributed by atoms with Crippen molar-refractivity contribution in [1.82, 2.24) is 10.2 Å². The van der Waals surface area contributed by atoms with Gasteiger partial charge in [-0.1, -0.05) is 78.4 Å². The van der Waals surface area contributed by atoms with Crippen molar-refractivity contribution in [3.05, 3.63) is 125 Å². The molecule has 230 valence electrons. The lowest BCUT2D eigenvalue weighted by molar-refractivity contribution is -0.140. The summed E-state index contributed by atoms with van der Waals surface area (Å²) >= 11 is 0. The van der Waals surface area contributed by atoms with Crippen LogP contribution in [0.4, 0.5) is 5.69 Å². The molecular formula is C35H39N3O5S. The number of para-hydroxylation sites is 1. The smallest absolute Gasteiger partial charge is 0.264 e. The number of hydrogen-bond donors (Lipinski definition) is 1. The Kier molecular flexibility index (Phi) is 10.8. The van der Waals surface area contributed by atoms with E-state index in [0.29, 0.717) is 23.5 Å². The molecule has 1 atom stereocenters. The standard InChI is InChI=1S/C35H39N3O5S/c1-5-36-35(40)33(23-28-13-7-6-8-14-28)37(24-29-15-11-16-30(22-29)43-4)34(39)25-38(32-17-10-9-12-27(32)3)44(41,42)31-20-18-26(2)19-21-31/h6-22,33H,5,23-25H2,1-4H3,(H,36,40)/t33-/m1/s1. The topological polar surface area (TPSA) is 96.0 Å². The number of likely N-dealkylation sites (N-methyl/N-ethyl adjacent to an activating group) is 1. The first-order chi connectivity index (χ1) is 21.1. The van der Waals surface area contributed by atoms with Gasteiger partial charge in [-0.3, -0.25) is 13.9 Å². The molecule has 0 aliphatic heterocycles. The first-order valence-corrected chi connectivity index (χ1v) is 16.0. The van der Waals surface area contributed by atoms with Crippen LogP contribution in [0.3, 0.4) is 0 Å². The van der Waals surface area contributed by atoms with Crippen molar-refractivity contribution in [2.45, 2.75) is 44.7 Å². The van der Waals surface area contributed by atoms with Gasteiger partial charge in [-0.05, 0) is 67.8 Å². The molecule has 0 heterocycles. The van der Waals surface area contributed by atoms with Crippen molar-refractivity contribution in [2.75, 3.05) is 24.5 Å². The predicted molar refractivity (Wildman–Crippen MR) is 173 cm³/mol. The van der Waals surface area contributed by atoms with Crippen LogP contribution in [0, 0.1) is 13.8 Å². The molecule has 0 aliphatic carbocycles. The van der Waals surface area contributed by atoms with E-state index in [9.17, 15) is 18.0 Å². The number of methoxy groups -OCH3 is 1. The number of benzene rings is 4. The average molecular weight is 614 g/mol. The molecule has 0 radical (unpaired) electrons. The number of hydrogen-bond acceptors (Lipinski definition) is 5. The van der Waals surface area contributed by atoms with Crippen LogP contribution in [-0.4, -0.2) is 51.4 Å². The second-order valence-electron chi connectivity index (χ2n) is 10.6. The van der Waals surface area contributed by atoms with Gasteiger partial charge < -0.3 is 15.0 Å². The van der Waals surface area contributed by atoms with Crippen LogP contribution in [0.15, 0.2) is 108 Å². The van der Waals surface area contributed by atoms with E-state index in [0.717, 1.165) is 21.0 Å². The van der Waals surface area contributed by atoms with Gasteiger partial charge in [-0.25, -0.2) is 8.42 Å². The van der Waals surface area contributed by atoms with Gasteiger partial charge in [0.2, 0.25) is 11.8 Å². The van der Waals surface area contributed by atoms with Crippen LogP contribution >= 0.6 is 0 Å². The van der Waals surface area contributed by atoms with E-state index in [1.807, 2.05) is 62.4 Å². The summed E-state index contributed by atoms with van der Waals surface area (Å²) in [4.78, 5) is 29.6. The van der Waals surface area contributed by atoms with E-state index in [1.165, 1.54) is 4.90 Å². The maximum Gasteiger partial charge on any atom is 0.264 e. The molecule has 4 aromatic rings. The summed E-state index contributed by atoms with van der Waals surface area (Å²) in [5, 5.41) is 2.88. The minimum Gasteiger partial charge on any atom is -0.497 e. The molecule has 2 amide bonds. The zero-order valence-corrected chi connectivity index (χ0v) is 26.4. The number of nitrogens with one attached hydrogen (secondary N) is 1. The number of ether oxygens (including phenoxy) is 1. The molecule has 0 spiro atoms. The zero-order chi connectivity index (χ0) is 31.7. The van der Waals surface area contributed by atoms with Crippen LogP contribution in [0.1, 0.15) is 29.2 Å². The molecule has 44 heavy (non-hydrogen) atoms. The molecule has 4 rings (SSSR count). The number of carbonyl (C=O) groups excluding carboxylic acids is 2. The highest BCUT2D eigenvalue weighted by Gasteiger charge is 2.35. The molecule has 1 N–H and O–H groups in total. The maximum atomic E-state index is 14.5. The van der Waals surface area contributed by atoms with Crippen LogP contribution in [0.25, 0.3) is 0 Å². The first kappa shape index (κ1) is 32.3. The predicted octanol–water partition coefficient (Wildman–Crippen LogP) is 5.28. The largest absolute Gasteiger partial charge is 0.497 e. The second-order valence-corrected chi connectivity index (χ2v) is 12.4. The number of aryl methyl sites for hydroxylation is 2. The molecular weight excluding hydrogens is 574 g/mol. The third-order valence-corrected chi connectivity index (χ3v) is 9.16. The Morgan fingerprint density at radius 2 is 1.50 bits per heavy atom. The van der Waals surface area contributed by atoms with Crippen LogP contribution in [-0.2, 0) is 32.6 Å². The summed E-state index contributed by atoms with van der Waals surface area (Å²) in [6.45, 7) is 5.44. The monoisotopic (exact) mass is 613 g/mol. The summed E-state index contributed by atoms with van der Waals surface area (Å²) in [6.07, 6.45) is 0.247. The molecule has 0 unspecified atom stereocenters. The number of amides is 2. The van der Waals surface area contributed by atoms with E-state index in [4.69, 9.17) is 4.74 Å². The fourth-order valence-corrected chi connectivity index (χ4v) is 6.49. The molecule has 0 aromatic heterocycles. The zero-order valence-electron chi connectivity index (χ0n) is 25.6. The number of anilines is 1. The SMILES string of the molecule is CCNC(=O)[C@@H](Cc1ccccc1)N(Cc1cccc(OC)c1)C(=O)CN(c1ccccc1C)S(=O)(=O)c1ccc(C)cc1. The summed E-state index contributed by atoms with van der Waals surface area (Å²) in [5.74, 6) is -0.230. The summed E-state index contributed by atoms with van der Waals surface area (Å²) in [7, 11) is -2.59. The van der Waals surface area contributed by atoms with Gasteiger partial charge in [0, 0.05) is 19.5 Å². The average Bonchev–Trinajstić information content (AvgIpc) is 3.02. The lowest BCUT2D eigenvalue weighted by Gasteiger charge is -2.34. The molecule has 0 saturated heterocycles. The fraction of sp³-hybridized carbons (Fsp3) is 0.257. The molecule has 0 bridgehead atoms. The minimum absolute atomic E-state index is 0.0663. The Hall–Kier alpha value is -4.63. The van der Waals surface area contributed by atoms with Gasteiger partial charge in [0.1, 0.15) is 18.3 Å². The lowest BCUT2D eigenvalue weighted by Crippen LogP contribution is -2.53. The van der Waals surface area contributed by atoms with Gasteiger partial charge in [0.15, 0.2) is 0 Å². The molecule has 9 heteroatoms. The molecule has 0 fully saturated rings. The Morgan fingerprint density at radius 3 is 2.16 bits per heavy atom. The van der Waals surface area contributed by atoms with Gasteiger partial charge in [-0.15, -0.1) is 0 Å². The molecule has 0 aliphatic rings. The van der Waals surface area contributed by atoms with Crippen LogP contribution in [0.5, 0.6) is 5.75 Å². The summed E-state index contributed by atoms with van der Waals surface area (Å²) in [5.41, 5.74) is 3.61. The third-order valence-electron chi connectivity index (χ3n) is 7.38. The Balaban J connectivity index is 1.81. The first-order valence-electron chi connectivity index (χ1n) is 14.5. The van der Waals surface area contributed by atoms with Crippen molar-refractivity contribution >= 4 is 27.5 Å². The van der Waals surface area contributed by atoms with Gasteiger partial charge in [0.25, 0.3) is 10.0 Å². The van der Waals surface area contributed by atoms with E-state index < -0.39 is 28.5 Å². The van der Waals surface area contributed by atoms with Crippen LogP contribution in [0.2, 0.25) is 0 Å². The van der Waals surface area contributed by atoms with Gasteiger partial charge >= 0.3 is 0 Å². The fourth-order valence-electron chi connectivity index (χ4n) is 5.01. The maximum absolute atomic E-state index is 14.5. The highest BCUT2D eigenvalue weighted by Crippen LogP contribution is 2.28. The summed E-state index contributed by atoms with van der Waals surface area (Å²) < 4.78 is 34.9. The third kappa shape index (κ3) is 7.85. The van der Waals surface area contributed by atoms with Gasteiger partial charge in [0.05, 0.1) is 17.7 Å². The van der Waals surface area contributed by atoms with Crippen LogP contribution < -0.4 is 14.4 Å². The summed E-state index contributed by atoms with van der Waals surface area (Å²) in [6, 6.07) is 29.4. The van der Waals surface area contributed by atoms with Crippen molar-refractivity contribution < 1.29 is 22.7 Å².